The number of aliphatic hydroxyl groups excluding tert-OH is 1. The zero-order valence-electron chi connectivity index (χ0n) is 12.4. The predicted octanol–water partition coefficient (Wildman–Crippen LogP) is 1.95. The molecule has 0 spiro atoms. The SMILES string of the molecule is OCC1(Cc2ccccc2)CCCN1CCn1cccn1. The van der Waals surface area contributed by atoms with Crippen LogP contribution in [-0.2, 0) is 13.0 Å². The molecule has 0 aliphatic carbocycles. The highest BCUT2D eigenvalue weighted by Crippen LogP contribution is 2.32. The van der Waals surface area contributed by atoms with Crippen LogP contribution in [0.4, 0.5) is 0 Å². The normalized spacial score (nSPS) is 22.7. The third-order valence-corrected chi connectivity index (χ3v) is 4.57. The monoisotopic (exact) mass is 285 g/mol. The molecule has 0 radical (unpaired) electrons. The van der Waals surface area contributed by atoms with Crippen LogP contribution in [0.1, 0.15) is 18.4 Å². The molecule has 1 aliphatic rings. The third-order valence-electron chi connectivity index (χ3n) is 4.57. The van der Waals surface area contributed by atoms with Gasteiger partial charge in [0.25, 0.3) is 0 Å². The van der Waals surface area contributed by atoms with Crippen molar-refractivity contribution in [3.63, 3.8) is 0 Å². The smallest absolute Gasteiger partial charge is 0.0618 e. The molecule has 1 N–H and O–H groups in total. The second-order valence-electron chi connectivity index (χ2n) is 5.90. The average molecular weight is 285 g/mol. The van der Waals surface area contributed by atoms with E-state index in [-0.39, 0.29) is 12.1 Å². The van der Waals surface area contributed by atoms with Crippen LogP contribution in [0, 0.1) is 0 Å². The van der Waals surface area contributed by atoms with Gasteiger partial charge in [-0.2, -0.15) is 5.10 Å². The van der Waals surface area contributed by atoms with E-state index in [9.17, 15) is 5.11 Å². The molecule has 4 nitrogen and oxygen atoms in total. The minimum Gasteiger partial charge on any atom is -0.394 e. The molecule has 1 fully saturated rings. The fraction of sp³-hybridized carbons (Fsp3) is 0.471. The highest BCUT2D eigenvalue weighted by Gasteiger charge is 2.40. The van der Waals surface area contributed by atoms with Gasteiger partial charge in [-0.15, -0.1) is 0 Å². The van der Waals surface area contributed by atoms with Gasteiger partial charge in [0.15, 0.2) is 0 Å². The van der Waals surface area contributed by atoms with Crippen molar-refractivity contribution in [1.29, 1.82) is 0 Å². The lowest BCUT2D eigenvalue weighted by molar-refractivity contribution is 0.0605. The van der Waals surface area contributed by atoms with Gasteiger partial charge in [-0.1, -0.05) is 30.3 Å². The summed E-state index contributed by atoms with van der Waals surface area (Å²) < 4.78 is 1.96. The first-order valence-electron chi connectivity index (χ1n) is 7.70. The first kappa shape index (κ1) is 14.3. The number of benzene rings is 1. The summed E-state index contributed by atoms with van der Waals surface area (Å²) in [6, 6.07) is 12.4. The van der Waals surface area contributed by atoms with E-state index in [1.54, 1.807) is 0 Å². The summed E-state index contributed by atoms with van der Waals surface area (Å²) in [7, 11) is 0. The Balaban J connectivity index is 1.69. The van der Waals surface area contributed by atoms with E-state index in [1.807, 2.05) is 29.2 Å². The minimum absolute atomic E-state index is 0.103. The summed E-state index contributed by atoms with van der Waals surface area (Å²) in [5.41, 5.74) is 1.20. The lowest BCUT2D eigenvalue weighted by Crippen LogP contribution is -2.49. The Morgan fingerprint density at radius 2 is 2.00 bits per heavy atom. The molecule has 1 unspecified atom stereocenters. The number of nitrogens with zero attached hydrogens (tertiary/aromatic N) is 3. The molecule has 1 aromatic carbocycles. The number of hydrogen-bond donors (Lipinski definition) is 1. The van der Waals surface area contributed by atoms with Crippen LogP contribution in [0.25, 0.3) is 0 Å². The highest BCUT2D eigenvalue weighted by atomic mass is 16.3. The maximum Gasteiger partial charge on any atom is 0.0618 e. The Morgan fingerprint density at radius 1 is 1.14 bits per heavy atom. The molecular formula is C17H23N3O. The molecular weight excluding hydrogens is 262 g/mol. The molecule has 1 aromatic heterocycles. The molecule has 3 rings (SSSR count). The molecule has 112 valence electrons. The first-order chi connectivity index (χ1) is 10.3. The minimum atomic E-state index is -0.103. The van der Waals surface area contributed by atoms with Gasteiger partial charge in [0, 0.05) is 24.5 Å². The molecule has 0 amide bonds. The van der Waals surface area contributed by atoms with Gasteiger partial charge < -0.3 is 5.11 Å². The van der Waals surface area contributed by atoms with Crippen LogP contribution >= 0.6 is 0 Å². The van der Waals surface area contributed by atoms with Crippen LogP contribution in [0.3, 0.4) is 0 Å². The molecule has 4 heteroatoms. The quantitative estimate of drug-likeness (QED) is 0.882. The van der Waals surface area contributed by atoms with Crippen LogP contribution in [0.5, 0.6) is 0 Å². The van der Waals surface area contributed by atoms with E-state index < -0.39 is 0 Å². The van der Waals surface area contributed by atoms with E-state index in [0.29, 0.717) is 0 Å². The Labute approximate surface area is 126 Å². The fourth-order valence-electron chi connectivity index (χ4n) is 3.41. The summed E-state index contributed by atoms with van der Waals surface area (Å²) in [5, 5.41) is 14.3. The van der Waals surface area contributed by atoms with Gasteiger partial charge in [0.2, 0.25) is 0 Å². The molecule has 2 heterocycles. The summed E-state index contributed by atoms with van der Waals surface area (Å²) in [6.45, 7) is 3.11. The molecule has 2 aromatic rings. The topological polar surface area (TPSA) is 41.3 Å². The van der Waals surface area contributed by atoms with E-state index >= 15 is 0 Å². The Kier molecular flexibility index (Phi) is 4.36. The van der Waals surface area contributed by atoms with E-state index in [4.69, 9.17) is 0 Å². The van der Waals surface area contributed by atoms with E-state index in [1.165, 1.54) is 5.56 Å². The van der Waals surface area contributed by atoms with E-state index in [2.05, 4.69) is 34.3 Å². The molecule has 1 aliphatic heterocycles. The van der Waals surface area contributed by atoms with Crippen molar-refractivity contribution in [2.75, 3.05) is 19.7 Å². The summed E-state index contributed by atoms with van der Waals surface area (Å²) >= 11 is 0. The fourth-order valence-corrected chi connectivity index (χ4v) is 3.41. The zero-order valence-corrected chi connectivity index (χ0v) is 12.4. The van der Waals surface area contributed by atoms with Crippen molar-refractivity contribution in [1.82, 2.24) is 14.7 Å². The Morgan fingerprint density at radius 3 is 2.71 bits per heavy atom. The molecule has 0 bridgehead atoms. The maximum absolute atomic E-state index is 10.0. The van der Waals surface area contributed by atoms with Crippen molar-refractivity contribution in [2.24, 2.45) is 0 Å². The van der Waals surface area contributed by atoms with Gasteiger partial charge >= 0.3 is 0 Å². The average Bonchev–Trinajstić information content (AvgIpc) is 3.16. The summed E-state index contributed by atoms with van der Waals surface area (Å²) in [6.07, 6.45) is 6.95. The molecule has 21 heavy (non-hydrogen) atoms. The van der Waals surface area contributed by atoms with Crippen LogP contribution in [-0.4, -0.2) is 45.0 Å². The lowest BCUT2D eigenvalue weighted by atomic mass is 9.89. The first-order valence-corrected chi connectivity index (χ1v) is 7.70. The van der Waals surface area contributed by atoms with Crippen LogP contribution < -0.4 is 0 Å². The van der Waals surface area contributed by atoms with E-state index in [0.717, 1.165) is 38.9 Å². The van der Waals surface area contributed by atoms with Gasteiger partial charge in [-0.05, 0) is 37.4 Å². The third kappa shape index (κ3) is 3.17. The van der Waals surface area contributed by atoms with Crippen molar-refractivity contribution < 1.29 is 5.11 Å². The van der Waals surface area contributed by atoms with Crippen LogP contribution in [0.2, 0.25) is 0 Å². The zero-order chi connectivity index (χ0) is 14.5. The second-order valence-corrected chi connectivity index (χ2v) is 5.90. The number of aliphatic hydroxyl groups is 1. The van der Waals surface area contributed by atoms with Crippen molar-refractivity contribution in [3.05, 3.63) is 54.4 Å². The van der Waals surface area contributed by atoms with Gasteiger partial charge in [-0.25, -0.2) is 0 Å². The maximum atomic E-state index is 10.0. The van der Waals surface area contributed by atoms with Gasteiger partial charge in [0.05, 0.1) is 13.2 Å². The Hall–Kier alpha value is -1.65. The second kappa shape index (κ2) is 6.41. The number of aromatic nitrogens is 2. The van der Waals surface area contributed by atoms with Gasteiger partial charge in [0.1, 0.15) is 0 Å². The molecule has 0 saturated carbocycles. The predicted molar refractivity (Wildman–Crippen MR) is 83.0 cm³/mol. The number of rotatable bonds is 6. The Bertz CT molecular complexity index is 540. The lowest BCUT2D eigenvalue weighted by Gasteiger charge is -2.37. The number of likely N-dealkylation sites (tertiary alicyclic amines) is 1. The standard InChI is InChI=1S/C17H23N3O/c21-15-17(14-16-6-2-1-3-7-16)8-4-10-19(17)12-13-20-11-5-9-18-20/h1-3,5-7,9,11,21H,4,8,10,12-15H2. The summed E-state index contributed by atoms with van der Waals surface area (Å²) in [5.74, 6) is 0. The van der Waals surface area contributed by atoms with Crippen LogP contribution in [0.15, 0.2) is 48.8 Å². The largest absolute Gasteiger partial charge is 0.394 e. The van der Waals surface area contributed by atoms with Crippen molar-refractivity contribution >= 4 is 0 Å². The molecule has 1 atom stereocenters. The van der Waals surface area contributed by atoms with Crippen molar-refractivity contribution in [2.45, 2.75) is 31.3 Å². The number of hydrogen-bond acceptors (Lipinski definition) is 3. The van der Waals surface area contributed by atoms with Gasteiger partial charge in [-0.3, -0.25) is 9.58 Å². The summed E-state index contributed by atoms with van der Waals surface area (Å²) in [4.78, 5) is 2.45. The highest BCUT2D eigenvalue weighted by molar-refractivity contribution is 5.19. The van der Waals surface area contributed by atoms with Crippen molar-refractivity contribution in [3.8, 4) is 0 Å². The molecule has 1 saturated heterocycles.